The first-order chi connectivity index (χ1) is 17.9. The smallest absolute Gasteiger partial charge is 0.430 e. The number of sulfonamides is 1. The fourth-order valence-electron chi connectivity index (χ4n) is 3.70. The molecule has 0 aliphatic carbocycles. The Balaban J connectivity index is 1.67. The summed E-state index contributed by atoms with van der Waals surface area (Å²) in [5.41, 5.74) is -2.93. The quantitative estimate of drug-likeness (QED) is 0.236. The maximum atomic E-state index is 15.2. The Bertz CT molecular complexity index is 1620. The molecule has 0 unspecified atom stereocenters. The topological polar surface area (TPSA) is 89.5 Å². The highest BCUT2D eigenvalue weighted by molar-refractivity contribution is 7.89. The van der Waals surface area contributed by atoms with Crippen LogP contribution in [0.1, 0.15) is 20.4 Å². The molecular formula is C25H18F3N3O4S3. The average Bonchev–Trinajstić information content (AvgIpc) is 3.51. The summed E-state index contributed by atoms with van der Waals surface area (Å²) in [4.78, 5) is 21.6. The molecule has 0 fully saturated rings. The van der Waals surface area contributed by atoms with E-state index in [0.29, 0.717) is 20.4 Å². The fraction of sp³-hybridized carbons (Fsp3) is 0.160. The van der Waals surface area contributed by atoms with Crippen molar-refractivity contribution in [3.63, 3.8) is 0 Å². The van der Waals surface area contributed by atoms with E-state index in [1.165, 1.54) is 14.1 Å². The zero-order chi connectivity index (χ0) is 27.3. The number of carbonyl (C=O) groups is 1. The highest BCUT2D eigenvalue weighted by atomic mass is 32.2. The average molecular weight is 578 g/mol. The van der Waals surface area contributed by atoms with E-state index in [0.717, 1.165) is 51.2 Å². The van der Waals surface area contributed by atoms with Gasteiger partial charge < -0.3 is 4.74 Å². The minimum absolute atomic E-state index is 0.126. The first-order valence-corrected chi connectivity index (χ1v) is 14.1. The van der Waals surface area contributed by atoms with Gasteiger partial charge in [-0.1, -0.05) is 24.3 Å². The van der Waals surface area contributed by atoms with E-state index >= 15 is 13.2 Å². The third kappa shape index (κ3) is 4.34. The first-order valence-electron chi connectivity index (χ1n) is 11.0. The van der Waals surface area contributed by atoms with Crippen molar-refractivity contribution in [1.82, 2.24) is 14.3 Å². The molecule has 196 valence electrons. The summed E-state index contributed by atoms with van der Waals surface area (Å²) < 4.78 is 77.5. The zero-order valence-electron chi connectivity index (χ0n) is 19.8. The molecule has 5 aromatic rings. The molecule has 3 aromatic carbocycles. The SMILES string of the molecule is CN(C)S(=O)(=O)c1ccc(C(=O)OC(c2nc3ccccc3s2)(c2nc3ccccc3s2)C(F)(F)F)cc1. The molecule has 2 aromatic heterocycles. The van der Waals surface area contributed by atoms with Gasteiger partial charge in [-0.2, -0.15) is 13.2 Å². The van der Waals surface area contributed by atoms with Crippen LogP contribution in [0.4, 0.5) is 13.2 Å². The van der Waals surface area contributed by atoms with Gasteiger partial charge in [0, 0.05) is 14.1 Å². The van der Waals surface area contributed by atoms with Gasteiger partial charge in [0.1, 0.15) is 0 Å². The molecule has 0 saturated carbocycles. The van der Waals surface area contributed by atoms with Gasteiger partial charge in [-0.3, -0.25) is 0 Å². The van der Waals surface area contributed by atoms with E-state index in [4.69, 9.17) is 4.74 Å². The third-order valence-corrected chi connectivity index (χ3v) is 9.81. The lowest BCUT2D eigenvalue weighted by Crippen LogP contribution is -2.47. The second-order valence-corrected chi connectivity index (χ2v) is 12.6. The van der Waals surface area contributed by atoms with Gasteiger partial charge in [-0.15, -0.1) is 22.7 Å². The van der Waals surface area contributed by atoms with Crippen LogP contribution in [0.25, 0.3) is 20.4 Å². The number of nitrogens with zero attached hydrogens (tertiary/aromatic N) is 3. The third-order valence-electron chi connectivity index (χ3n) is 5.70. The number of fused-ring (bicyclic) bond motifs is 2. The summed E-state index contributed by atoms with van der Waals surface area (Å²) in [5, 5.41) is -0.990. The standard InChI is InChI=1S/C25H18F3N3O4S3/c1-31(2)38(33,34)16-13-11-15(12-14-16)21(32)35-24(25(26,27)28,22-29-17-7-3-5-9-19(17)36-22)23-30-18-8-4-6-10-20(18)37-23/h3-14H,1-2H3. The Morgan fingerprint density at radius 1 is 0.816 bits per heavy atom. The number of carbonyl (C=O) groups excluding carboxylic acids is 1. The van der Waals surface area contributed by atoms with Gasteiger partial charge >= 0.3 is 17.7 Å². The summed E-state index contributed by atoms with van der Waals surface area (Å²) in [6, 6.07) is 17.5. The molecule has 0 saturated heterocycles. The second kappa shape index (κ2) is 9.42. The normalized spacial score (nSPS) is 12.9. The molecular weight excluding hydrogens is 559 g/mol. The summed E-state index contributed by atoms with van der Waals surface area (Å²) in [6.07, 6.45) is -5.14. The van der Waals surface area contributed by atoms with Gasteiger partial charge in [0.05, 0.1) is 30.9 Å². The van der Waals surface area contributed by atoms with Crippen molar-refractivity contribution in [2.45, 2.75) is 16.7 Å². The molecule has 0 atom stereocenters. The van der Waals surface area contributed by atoms with Crippen LogP contribution in [0, 0.1) is 0 Å². The molecule has 0 bridgehead atoms. The lowest BCUT2D eigenvalue weighted by Gasteiger charge is -2.31. The Morgan fingerprint density at radius 2 is 1.29 bits per heavy atom. The van der Waals surface area contributed by atoms with Gasteiger partial charge in [0.2, 0.25) is 10.0 Å². The Kier molecular flexibility index (Phi) is 6.50. The van der Waals surface area contributed by atoms with Crippen LogP contribution in [-0.2, 0) is 20.4 Å². The summed E-state index contributed by atoms with van der Waals surface area (Å²) in [5.74, 6) is -1.31. The Labute approximate surface area is 223 Å². The van der Waals surface area contributed by atoms with Crippen molar-refractivity contribution >= 4 is 59.1 Å². The number of alkyl halides is 3. The van der Waals surface area contributed by atoms with Crippen molar-refractivity contribution in [2.24, 2.45) is 0 Å². The van der Waals surface area contributed by atoms with Crippen LogP contribution in [0.5, 0.6) is 0 Å². The zero-order valence-corrected chi connectivity index (χ0v) is 22.2. The molecule has 0 radical (unpaired) electrons. The molecule has 0 aliphatic rings. The molecule has 5 rings (SSSR count). The summed E-state index contributed by atoms with van der Waals surface area (Å²) in [7, 11) is -1.13. The number of hydrogen-bond acceptors (Lipinski definition) is 8. The van der Waals surface area contributed by atoms with Crippen LogP contribution in [0.2, 0.25) is 0 Å². The summed E-state index contributed by atoms with van der Waals surface area (Å²) >= 11 is 1.51. The van der Waals surface area contributed by atoms with Crippen molar-refractivity contribution in [3.8, 4) is 0 Å². The van der Waals surface area contributed by atoms with E-state index < -0.39 is 37.8 Å². The monoisotopic (exact) mass is 577 g/mol. The molecule has 38 heavy (non-hydrogen) atoms. The van der Waals surface area contributed by atoms with E-state index in [9.17, 15) is 13.2 Å². The van der Waals surface area contributed by atoms with E-state index in [2.05, 4.69) is 9.97 Å². The number of halogens is 3. The molecule has 2 heterocycles. The van der Waals surface area contributed by atoms with Crippen molar-refractivity contribution in [2.75, 3.05) is 14.1 Å². The predicted octanol–water partition coefficient (Wildman–Crippen LogP) is 5.82. The summed E-state index contributed by atoms with van der Waals surface area (Å²) in [6.45, 7) is 0. The largest absolute Gasteiger partial charge is 0.442 e. The number of hydrogen-bond donors (Lipinski definition) is 0. The number of benzene rings is 3. The first kappa shape index (κ1) is 26.2. The number of rotatable bonds is 6. The Hall–Kier alpha value is -3.39. The van der Waals surface area contributed by atoms with Crippen LogP contribution in [0.15, 0.2) is 77.7 Å². The number of para-hydroxylation sites is 2. The van der Waals surface area contributed by atoms with Gasteiger partial charge in [0.25, 0.3) is 0 Å². The molecule has 0 N–H and O–H groups in total. The maximum Gasteiger partial charge on any atom is 0.442 e. The van der Waals surface area contributed by atoms with Crippen molar-refractivity contribution in [1.29, 1.82) is 0 Å². The van der Waals surface area contributed by atoms with Gasteiger partial charge in [-0.05, 0) is 48.5 Å². The molecule has 13 heteroatoms. The maximum absolute atomic E-state index is 15.2. The Morgan fingerprint density at radius 3 is 1.71 bits per heavy atom. The van der Waals surface area contributed by atoms with Gasteiger partial charge in [0.15, 0.2) is 10.0 Å². The van der Waals surface area contributed by atoms with Crippen molar-refractivity contribution < 1.29 is 31.1 Å². The molecule has 0 spiro atoms. The molecule has 0 amide bonds. The van der Waals surface area contributed by atoms with Crippen LogP contribution in [-0.4, -0.2) is 48.9 Å². The minimum Gasteiger partial charge on any atom is -0.430 e. The number of thiazole rings is 2. The fourth-order valence-corrected chi connectivity index (χ4v) is 6.89. The van der Waals surface area contributed by atoms with Crippen LogP contribution in [0.3, 0.4) is 0 Å². The van der Waals surface area contributed by atoms with E-state index in [-0.39, 0.29) is 10.5 Å². The lowest BCUT2D eigenvalue weighted by molar-refractivity contribution is -0.247. The van der Waals surface area contributed by atoms with Gasteiger partial charge in [-0.25, -0.2) is 27.5 Å². The number of aromatic nitrogens is 2. The van der Waals surface area contributed by atoms with Crippen LogP contribution >= 0.6 is 22.7 Å². The number of esters is 1. The van der Waals surface area contributed by atoms with E-state index in [1.54, 1.807) is 48.5 Å². The van der Waals surface area contributed by atoms with E-state index in [1.807, 2.05) is 0 Å². The number of ether oxygens (including phenoxy) is 1. The highest BCUT2D eigenvalue weighted by Crippen LogP contribution is 2.51. The van der Waals surface area contributed by atoms with Crippen LogP contribution < -0.4 is 0 Å². The minimum atomic E-state index is -5.14. The predicted molar refractivity (Wildman–Crippen MR) is 139 cm³/mol. The lowest BCUT2D eigenvalue weighted by atomic mass is 10.0. The molecule has 0 aliphatic heterocycles. The highest BCUT2D eigenvalue weighted by Gasteiger charge is 2.65. The second-order valence-electron chi connectivity index (χ2n) is 8.35. The van der Waals surface area contributed by atoms with Crippen molar-refractivity contribution in [3.05, 3.63) is 88.4 Å². The molecule has 7 nitrogen and oxygen atoms in total.